The number of likely N-dealkylation sites (tertiary alicyclic amines) is 1. The maximum atomic E-state index is 13.1. The summed E-state index contributed by atoms with van der Waals surface area (Å²) in [7, 11) is 3.41. The van der Waals surface area contributed by atoms with Gasteiger partial charge in [0.2, 0.25) is 0 Å². The van der Waals surface area contributed by atoms with Crippen LogP contribution in [0.1, 0.15) is 24.2 Å². The number of hydrogen-bond acceptors (Lipinski definition) is 4. The molecule has 7 heteroatoms. The molecule has 0 aliphatic carbocycles. The molecule has 2 aromatic rings. The normalized spacial score (nSPS) is 20.4. The molecule has 0 saturated carbocycles. The minimum atomic E-state index is -0.279. The lowest BCUT2D eigenvalue weighted by Crippen LogP contribution is -2.45. The summed E-state index contributed by atoms with van der Waals surface area (Å²) in [6, 6.07) is 13.1. The zero-order chi connectivity index (χ0) is 21.4. The highest BCUT2D eigenvalue weighted by molar-refractivity contribution is 5.98. The lowest BCUT2D eigenvalue weighted by molar-refractivity contribution is 0.0682. The van der Waals surface area contributed by atoms with E-state index in [0.29, 0.717) is 24.4 Å². The molecule has 4 rings (SSSR count). The second-order valence-electron chi connectivity index (χ2n) is 8.09. The lowest BCUT2D eigenvalue weighted by atomic mass is 10.0. The largest absolute Gasteiger partial charge is 0.497 e. The number of methoxy groups -OCH3 is 1. The van der Waals surface area contributed by atoms with Crippen molar-refractivity contribution in [3.8, 4) is 22.6 Å². The number of fused-ring (bicyclic) bond motifs is 2. The summed E-state index contributed by atoms with van der Waals surface area (Å²) in [6.45, 7) is 4.73. The van der Waals surface area contributed by atoms with E-state index in [4.69, 9.17) is 9.47 Å². The molecule has 30 heavy (non-hydrogen) atoms. The topological polar surface area (TPSA) is 71.1 Å². The van der Waals surface area contributed by atoms with Gasteiger partial charge in [-0.05, 0) is 49.2 Å². The number of nitrogens with one attached hydrogen (secondary N) is 1. The molecule has 0 spiro atoms. The predicted molar refractivity (Wildman–Crippen MR) is 114 cm³/mol. The summed E-state index contributed by atoms with van der Waals surface area (Å²) >= 11 is 0. The molecule has 7 nitrogen and oxygen atoms in total. The molecule has 0 bridgehead atoms. The number of rotatable bonds is 3. The molecular formula is C23H27N3O4. The zero-order valence-corrected chi connectivity index (χ0v) is 17.7. The lowest BCUT2D eigenvalue weighted by Gasteiger charge is -2.25. The van der Waals surface area contributed by atoms with Gasteiger partial charge >= 0.3 is 6.03 Å². The van der Waals surface area contributed by atoms with Crippen LogP contribution in [0.15, 0.2) is 42.5 Å². The molecule has 2 aromatic carbocycles. The van der Waals surface area contributed by atoms with E-state index in [0.717, 1.165) is 16.9 Å². The van der Waals surface area contributed by atoms with E-state index in [9.17, 15) is 9.59 Å². The van der Waals surface area contributed by atoms with Crippen LogP contribution in [0.5, 0.6) is 11.5 Å². The number of ether oxygens (including phenoxy) is 2. The van der Waals surface area contributed by atoms with Crippen LogP contribution in [0.25, 0.3) is 11.1 Å². The van der Waals surface area contributed by atoms with Gasteiger partial charge < -0.3 is 24.6 Å². The third-order valence-corrected chi connectivity index (χ3v) is 5.65. The van der Waals surface area contributed by atoms with Gasteiger partial charge in [-0.25, -0.2) is 4.79 Å². The van der Waals surface area contributed by atoms with Gasteiger partial charge in [0.1, 0.15) is 17.6 Å². The van der Waals surface area contributed by atoms with Crippen molar-refractivity contribution in [1.82, 2.24) is 15.1 Å². The Morgan fingerprint density at radius 1 is 1.17 bits per heavy atom. The van der Waals surface area contributed by atoms with Gasteiger partial charge in [-0.2, -0.15) is 0 Å². The van der Waals surface area contributed by atoms with Crippen LogP contribution in [0.3, 0.4) is 0 Å². The van der Waals surface area contributed by atoms with E-state index in [2.05, 4.69) is 5.32 Å². The van der Waals surface area contributed by atoms with Crippen molar-refractivity contribution < 1.29 is 19.1 Å². The Hall–Kier alpha value is -3.22. The molecule has 1 N–H and O–H groups in total. The standard InChI is InChI=1S/C23H27N3O4/c1-14(2)24-23(28)26-12-19-21(13-26)30-20-11-16(8-9-18(20)22(27)25(19)3)15-6-5-7-17(10-15)29-4/h5-11,14,19,21H,12-13H2,1-4H3,(H,24,28). The molecule has 2 unspecified atom stereocenters. The van der Waals surface area contributed by atoms with Gasteiger partial charge in [0.05, 0.1) is 25.3 Å². The second kappa shape index (κ2) is 7.89. The van der Waals surface area contributed by atoms with Crippen LogP contribution in [0.4, 0.5) is 4.79 Å². The molecule has 2 aliphatic heterocycles. The van der Waals surface area contributed by atoms with Crippen LogP contribution >= 0.6 is 0 Å². The highest BCUT2D eigenvalue weighted by Crippen LogP contribution is 2.35. The summed E-state index contributed by atoms with van der Waals surface area (Å²) in [4.78, 5) is 29.0. The third-order valence-electron chi connectivity index (χ3n) is 5.65. The Morgan fingerprint density at radius 3 is 2.67 bits per heavy atom. The van der Waals surface area contributed by atoms with Crippen LogP contribution in [0.2, 0.25) is 0 Å². The van der Waals surface area contributed by atoms with Crippen molar-refractivity contribution in [2.45, 2.75) is 32.0 Å². The monoisotopic (exact) mass is 409 g/mol. The van der Waals surface area contributed by atoms with Crippen molar-refractivity contribution in [1.29, 1.82) is 0 Å². The Morgan fingerprint density at radius 2 is 1.93 bits per heavy atom. The molecule has 158 valence electrons. The Bertz CT molecular complexity index is 975. The van der Waals surface area contributed by atoms with Crippen molar-refractivity contribution in [2.24, 2.45) is 0 Å². The van der Waals surface area contributed by atoms with Gasteiger partial charge in [-0.1, -0.05) is 18.2 Å². The summed E-state index contributed by atoms with van der Waals surface area (Å²) < 4.78 is 11.6. The minimum absolute atomic E-state index is 0.0503. The Kier molecular flexibility index (Phi) is 5.28. The van der Waals surface area contributed by atoms with Crippen molar-refractivity contribution >= 4 is 11.9 Å². The first-order valence-electron chi connectivity index (χ1n) is 10.1. The summed E-state index contributed by atoms with van der Waals surface area (Å²) in [6.07, 6.45) is -0.279. The van der Waals surface area contributed by atoms with Gasteiger partial charge in [0.25, 0.3) is 5.91 Å². The van der Waals surface area contributed by atoms with Crippen molar-refractivity contribution in [3.05, 3.63) is 48.0 Å². The summed E-state index contributed by atoms with van der Waals surface area (Å²) in [5, 5.41) is 2.91. The maximum absolute atomic E-state index is 13.1. The van der Waals surface area contributed by atoms with Gasteiger partial charge in [-0.3, -0.25) is 4.79 Å². The van der Waals surface area contributed by atoms with E-state index in [1.165, 1.54) is 0 Å². The van der Waals surface area contributed by atoms with Crippen LogP contribution < -0.4 is 14.8 Å². The van der Waals surface area contributed by atoms with E-state index < -0.39 is 0 Å². The van der Waals surface area contributed by atoms with Crippen LogP contribution in [-0.4, -0.2) is 67.2 Å². The average Bonchev–Trinajstić information content (AvgIpc) is 3.12. The second-order valence-corrected chi connectivity index (χ2v) is 8.09. The quantitative estimate of drug-likeness (QED) is 0.846. The van der Waals surface area contributed by atoms with Gasteiger partial charge in [-0.15, -0.1) is 0 Å². The molecule has 2 aliphatic rings. The summed E-state index contributed by atoms with van der Waals surface area (Å²) in [5.41, 5.74) is 2.46. The number of carbonyl (C=O) groups excluding carboxylic acids is 2. The molecule has 2 heterocycles. The SMILES string of the molecule is COc1cccc(-c2ccc3c(c2)OC2CN(C(=O)NC(C)C)CC2N(C)C3=O)c1. The molecule has 3 amide bonds. The van der Waals surface area contributed by atoms with E-state index >= 15 is 0 Å². The fourth-order valence-corrected chi connectivity index (χ4v) is 4.03. The zero-order valence-electron chi connectivity index (χ0n) is 17.7. The fraction of sp³-hybridized carbons (Fsp3) is 0.391. The minimum Gasteiger partial charge on any atom is -0.497 e. The maximum Gasteiger partial charge on any atom is 0.317 e. The van der Waals surface area contributed by atoms with Gasteiger partial charge in [0, 0.05) is 19.6 Å². The smallest absolute Gasteiger partial charge is 0.317 e. The summed E-state index contributed by atoms with van der Waals surface area (Å²) in [5.74, 6) is 1.22. The first kappa shape index (κ1) is 20.1. The first-order chi connectivity index (χ1) is 14.4. The molecule has 0 radical (unpaired) electrons. The number of nitrogens with zero attached hydrogens (tertiary/aromatic N) is 2. The number of hydrogen-bond donors (Lipinski definition) is 1. The Labute approximate surface area is 176 Å². The van der Waals surface area contributed by atoms with Gasteiger partial charge in [0.15, 0.2) is 0 Å². The van der Waals surface area contributed by atoms with E-state index in [1.54, 1.807) is 24.0 Å². The highest BCUT2D eigenvalue weighted by Gasteiger charge is 2.43. The van der Waals surface area contributed by atoms with Crippen LogP contribution in [0, 0.1) is 0 Å². The first-order valence-corrected chi connectivity index (χ1v) is 10.1. The van der Waals surface area contributed by atoms with Crippen molar-refractivity contribution in [2.75, 3.05) is 27.2 Å². The van der Waals surface area contributed by atoms with E-state index in [-0.39, 0.29) is 30.1 Å². The number of carbonyl (C=O) groups is 2. The number of benzene rings is 2. The molecule has 1 fully saturated rings. The third kappa shape index (κ3) is 3.67. The number of amides is 3. The van der Waals surface area contributed by atoms with E-state index in [1.807, 2.05) is 56.3 Å². The number of likely N-dealkylation sites (N-methyl/N-ethyl adjacent to an activating group) is 1. The average molecular weight is 409 g/mol. The molecule has 0 aromatic heterocycles. The number of urea groups is 1. The Balaban J connectivity index is 1.64. The molecular weight excluding hydrogens is 382 g/mol. The molecule has 2 atom stereocenters. The van der Waals surface area contributed by atoms with Crippen LogP contribution in [-0.2, 0) is 0 Å². The molecule has 1 saturated heterocycles. The predicted octanol–water partition coefficient (Wildman–Crippen LogP) is 3.00. The van der Waals surface area contributed by atoms with Crippen molar-refractivity contribution in [3.63, 3.8) is 0 Å². The highest BCUT2D eigenvalue weighted by atomic mass is 16.5. The fourth-order valence-electron chi connectivity index (χ4n) is 4.03.